The van der Waals surface area contributed by atoms with Crippen molar-refractivity contribution >= 4 is 23.7 Å². The van der Waals surface area contributed by atoms with Gasteiger partial charge < -0.3 is 5.73 Å². The van der Waals surface area contributed by atoms with Crippen molar-refractivity contribution in [3.63, 3.8) is 0 Å². The fraction of sp³-hybridized carbons (Fsp3) is 0.357. The number of nitrogens with two attached hydrogens (primary N) is 1. The molecule has 1 heterocycles. The van der Waals surface area contributed by atoms with Gasteiger partial charge in [0.2, 0.25) is 0 Å². The van der Waals surface area contributed by atoms with Crippen molar-refractivity contribution in [2.45, 2.75) is 20.0 Å². The second-order valence-electron chi connectivity index (χ2n) is 4.37. The summed E-state index contributed by atoms with van der Waals surface area (Å²) in [6.45, 7) is 5.41. The summed E-state index contributed by atoms with van der Waals surface area (Å²) in [6, 6.07) is 10.5. The van der Waals surface area contributed by atoms with Gasteiger partial charge in [-0.25, -0.2) is 4.98 Å². The third-order valence-corrected chi connectivity index (χ3v) is 3.67. The van der Waals surface area contributed by atoms with Crippen LogP contribution in [0.4, 0.5) is 0 Å². The van der Waals surface area contributed by atoms with Gasteiger partial charge in [-0.1, -0.05) is 30.3 Å². The van der Waals surface area contributed by atoms with E-state index in [1.54, 1.807) is 11.3 Å². The van der Waals surface area contributed by atoms with E-state index in [2.05, 4.69) is 39.5 Å². The molecule has 0 aliphatic rings. The van der Waals surface area contributed by atoms with Crippen LogP contribution < -0.4 is 5.73 Å². The Hall–Kier alpha value is -0.940. The fourth-order valence-corrected chi connectivity index (χ4v) is 2.72. The lowest BCUT2D eigenvalue weighted by molar-refractivity contribution is 0.264. The van der Waals surface area contributed by atoms with Crippen molar-refractivity contribution in [1.82, 2.24) is 9.88 Å². The monoisotopic (exact) mass is 297 g/mol. The minimum Gasteiger partial charge on any atom is -0.329 e. The number of aryl methyl sites for hydroxylation is 1. The van der Waals surface area contributed by atoms with Gasteiger partial charge in [-0.2, -0.15) is 0 Å². The van der Waals surface area contributed by atoms with Gasteiger partial charge in [0, 0.05) is 30.7 Å². The van der Waals surface area contributed by atoms with E-state index < -0.39 is 0 Å². The zero-order valence-corrected chi connectivity index (χ0v) is 12.7. The molecule has 0 aliphatic heterocycles. The molecule has 0 fully saturated rings. The first kappa shape index (κ1) is 16.1. The number of hydrogen-bond acceptors (Lipinski definition) is 4. The van der Waals surface area contributed by atoms with Crippen molar-refractivity contribution in [2.75, 3.05) is 13.1 Å². The number of aromatic nitrogens is 1. The molecular weight excluding hydrogens is 278 g/mol. The molecule has 19 heavy (non-hydrogen) atoms. The largest absolute Gasteiger partial charge is 0.329 e. The summed E-state index contributed by atoms with van der Waals surface area (Å²) < 4.78 is 0. The lowest BCUT2D eigenvalue weighted by Crippen LogP contribution is -2.28. The van der Waals surface area contributed by atoms with Crippen LogP contribution in [-0.2, 0) is 13.1 Å². The summed E-state index contributed by atoms with van der Waals surface area (Å²) in [6.07, 6.45) is 0. The van der Waals surface area contributed by atoms with Gasteiger partial charge in [0.1, 0.15) is 5.01 Å². The van der Waals surface area contributed by atoms with Gasteiger partial charge in [-0.15, -0.1) is 23.7 Å². The molecule has 0 atom stereocenters. The van der Waals surface area contributed by atoms with Gasteiger partial charge in [0.25, 0.3) is 0 Å². The van der Waals surface area contributed by atoms with Crippen molar-refractivity contribution < 1.29 is 0 Å². The predicted molar refractivity (Wildman–Crippen MR) is 83.7 cm³/mol. The lowest BCUT2D eigenvalue weighted by Gasteiger charge is -2.20. The Labute approximate surface area is 124 Å². The zero-order chi connectivity index (χ0) is 12.8. The van der Waals surface area contributed by atoms with Gasteiger partial charge in [-0.05, 0) is 12.5 Å². The highest BCUT2D eigenvalue weighted by atomic mass is 35.5. The SMILES string of the molecule is Cc1csc(CN(CCN)Cc2ccccc2)n1.Cl. The number of thiazole rings is 1. The standard InChI is InChI=1S/C14H19N3S.ClH/c1-12-11-18-14(16-12)10-17(8-7-15)9-13-5-3-2-4-6-13;/h2-6,11H,7-10,15H2,1H3;1H. The first-order valence-electron chi connectivity index (χ1n) is 6.15. The second-order valence-corrected chi connectivity index (χ2v) is 5.31. The Balaban J connectivity index is 0.00000180. The van der Waals surface area contributed by atoms with E-state index in [9.17, 15) is 0 Å². The number of halogens is 1. The molecule has 0 radical (unpaired) electrons. The molecule has 3 nitrogen and oxygen atoms in total. The van der Waals surface area contributed by atoms with Crippen molar-refractivity contribution in [2.24, 2.45) is 5.73 Å². The van der Waals surface area contributed by atoms with E-state index in [4.69, 9.17) is 5.73 Å². The molecule has 0 unspecified atom stereocenters. The minimum atomic E-state index is 0. The van der Waals surface area contributed by atoms with Gasteiger partial charge in [-0.3, -0.25) is 4.90 Å². The van der Waals surface area contributed by atoms with E-state index in [1.807, 2.05) is 13.0 Å². The van der Waals surface area contributed by atoms with E-state index in [1.165, 1.54) is 5.56 Å². The topological polar surface area (TPSA) is 42.1 Å². The van der Waals surface area contributed by atoms with Crippen molar-refractivity contribution in [3.8, 4) is 0 Å². The van der Waals surface area contributed by atoms with Crippen LogP contribution in [0.25, 0.3) is 0 Å². The van der Waals surface area contributed by atoms with Gasteiger partial charge >= 0.3 is 0 Å². The van der Waals surface area contributed by atoms with E-state index in [0.29, 0.717) is 6.54 Å². The highest BCUT2D eigenvalue weighted by molar-refractivity contribution is 7.09. The third-order valence-electron chi connectivity index (χ3n) is 2.72. The van der Waals surface area contributed by atoms with Crippen LogP contribution in [0.15, 0.2) is 35.7 Å². The van der Waals surface area contributed by atoms with Crippen LogP contribution in [0.3, 0.4) is 0 Å². The van der Waals surface area contributed by atoms with Crippen molar-refractivity contribution in [1.29, 1.82) is 0 Å². The first-order valence-corrected chi connectivity index (χ1v) is 7.03. The minimum absolute atomic E-state index is 0. The lowest BCUT2D eigenvalue weighted by atomic mass is 10.2. The molecule has 104 valence electrons. The Morgan fingerprint density at radius 1 is 1.21 bits per heavy atom. The number of rotatable bonds is 6. The summed E-state index contributed by atoms with van der Waals surface area (Å²) in [5.41, 5.74) is 8.10. The molecule has 2 rings (SSSR count). The summed E-state index contributed by atoms with van der Waals surface area (Å²) >= 11 is 1.72. The number of nitrogens with zero attached hydrogens (tertiary/aromatic N) is 2. The van der Waals surface area contributed by atoms with Gasteiger partial charge in [0.05, 0.1) is 6.54 Å². The smallest absolute Gasteiger partial charge is 0.107 e. The molecule has 2 N–H and O–H groups in total. The summed E-state index contributed by atoms with van der Waals surface area (Å²) in [4.78, 5) is 6.85. The summed E-state index contributed by atoms with van der Waals surface area (Å²) in [5.74, 6) is 0. The van der Waals surface area contributed by atoms with Crippen LogP contribution in [0.2, 0.25) is 0 Å². The van der Waals surface area contributed by atoms with Crippen molar-refractivity contribution in [3.05, 3.63) is 52.0 Å². The second kappa shape index (κ2) is 8.27. The first-order chi connectivity index (χ1) is 8.78. The zero-order valence-electron chi connectivity index (χ0n) is 11.1. The quantitative estimate of drug-likeness (QED) is 0.891. The maximum Gasteiger partial charge on any atom is 0.107 e. The predicted octanol–water partition coefficient (Wildman–Crippen LogP) is 2.83. The Kier molecular flexibility index (Phi) is 7.02. The normalized spacial score (nSPS) is 10.5. The molecule has 0 bridgehead atoms. The molecule has 0 amide bonds. The maximum atomic E-state index is 5.68. The molecule has 1 aromatic heterocycles. The highest BCUT2D eigenvalue weighted by Gasteiger charge is 2.08. The third kappa shape index (κ3) is 5.28. The maximum absolute atomic E-state index is 5.68. The molecular formula is C14H20ClN3S. The average molecular weight is 298 g/mol. The molecule has 0 spiro atoms. The molecule has 0 aliphatic carbocycles. The van der Waals surface area contributed by atoms with Crippen LogP contribution in [0.1, 0.15) is 16.3 Å². The molecule has 2 aromatic rings. The van der Waals surface area contributed by atoms with E-state index in [0.717, 1.165) is 30.3 Å². The number of benzene rings is 1. The molecule has 0 saturated carbocycles. The van der Waals surface area contributed by atoms with Crippen LogP contribution >= 0.6 is 23.7 Å². The van der Waals surface area contributed by atoms with Crippen LogP contribution in [0.5, 0.6) is 0 Å². The van der Waals surface area contributed by atoms with Crippen LogP contribution in [0, 0.1) is 6.92 Å². The number of hydrogen-bond donors (Lipinski definition) is 1. The highest BCUT2D eigenvalue weighted by Crippen LogP contribution is 2.13. The summed E-state index contributed by atoms with van der Waals surface area (Å²) in [7, 11) is 0. The van der Waals surface area contributed by atoms with E-state index in [-0.39, 0.29) is 12.4 Å². The Bertz CT molecular complexity index is 473. The average Bonchev–Trinajstić information content (AvgIpc) is 2.76. The fourth-order valence-electron chi connectivity index (χ4n) is 1.90. The molecule has 1 aromatic carbocycles. The molecule has 0 saturated heterocycles. The Morgan fingerprint density at radius 2 is 1.95 bits per heavy atom. The van der Waals surface area contributed by atoms with E-state index >= 15 is 0 Å². The summed E-state index contributed by atoms with van der Waals surface area (Å²) in [5, 5.41) is 3.26. The van der Waals surface area contributed by atoms with Gasteiger partial charge in [0.15, 0.2) is 0 Å². The van der Waals surface area contributed by atoms with Crippen LogP contribution in [-0.4, -0.2) is 23.0 Å². The molecule has 5 heteroatoms. The Morgan fingerprint density at radius 3 is 2.53 bits per heavy atom.